The molecule has 0 unspecified atom stereocenters. The molecule has 19 heavy (non-hydrogen) atoms. The molecular weight excluding hydrogens is 314 g/mol. The Morgan fingerprint density at radius 3 is 2.79 bits per heavy atom. The van der Waals surface area contributed by atoms with Crippen molar-refractivity contribution in [2.75, 3.05) is 18.0 Å². The van der Waals surface area contributed by atoms with E-state index in [-0.39, 0.29) is 10.9 Å². The van der Waals surface area contributed by atoms with Crippen LogP contribution in [0.15, 0.2) is 21.5 Å². The van der Waals surface area contributed by atoms with Crippen LogP contribution in [0.2, 0.25) is 0 Å². The zero-order chi connectivity index (χ0) is 13.6. The number of pyridine rings is 2. The highest BCUT2D eigenvalue weighted by molar-refractivity contribution is 9.10. The molecule has 0 aliphatic carbocycles. The van der Waals surface area contributed by atoms with E-state index in [1.807, 2.05) is 0 Å². The van der Waals surface area contributed by atoms with Gasteiger partial charge in [-0.3, -0.25) is 4.79 Å². The van der Waals surface area contributed by atoms with Crippen LogP contribution in [0.1, 0.15) is 16.8 Å². The van der Waals surface area contributed by atoms with Gasteiger partial charge in [-0.1, -0.05) is 0 Å². The first kappa shape index (κ1) is 12.2. The van der Waals surface area contributed by atoms with Crippen molar-refractivity contribution in [3.8, 4) is 0 Å². The Hall–Kier alpha value is -1.89. The van der Waals surface area contributed by atoms with Crippen LogP contribution in [0.25, 0.3) is 11.0 Å². The van der Waals surface area contributed by atoms with Crippen LogP contribution in [-0.4, -0.2) is 34.1 Å². The second-order valence-electron chi connectivity index (χ2n) is 4.37. The Labute approximate surface area is 116 Å². The van der Waals surface area contributed by atoms with Crippen molar-refractivity contribution in [2.45, 2.75) is 6.42 Å². The number of carboxylic acid groups (broad SMARTS) is 1. The van der Waals surface area contributed by atoms with E-state index in [0.717, 1.165) is 25.3 Å². The van der Waals surface area contributed by atoms with Crippen LogP contribution >= 0.6 is 15.9 Å². The molecule has 2 aromatic heterocycles. The van der Waals surface area contributed by atoms with Crippen molar-refractivity contribution < 1.29 is 9.90 Å². The monoisotopic (exact) mass is 323 g/mol. The molecule has 3 heterocycles. The third-order valence-electron chi connectivity index (χ3n) is 3.19. The Balaban J connectivity index is 2.23. The van der Waals surface area contributed by atoms with Gasteiger partial charge in [0.05, 0.1) is 9.86 Å². The molecule has 1 saturated heterocycles. The quantitative estimate of drug-likeness (QED) is 0.876. The van der Waals surface area contributed by atoms with Crippen LogP contribution in [0.5, 0.6) is 0 Å². The van der Waals surface area contributed by atoms with Gasteiger partial charge in [-0.25, -0.2) is 9.78 Å². The van der Waals surface area contributed by atoms with Crippen LogP contribution in [0, 0.1) is 0 Å². The number of fused-ring (bicyclic) bond motifs is 1. The van der Waals surface area contributed by atoms with E-state index in [9.17, 15) is 9.59 Å². The van der Waals surface area contributed by atoms with Crippen LogP contribution < -0.4 is 10.3 Å². The van der Waals surface area contributed by atoms with Gasteiger partial charge >= 0.3 is 5.97 Å². The third-order valence-corrected chi connectivity index (χ3v) is 3.77. The van der Waals surface area contributed by atoms with Gasteiger partial charge in [0.25, 0.3) is 0 Å². The molecule has 0 saturated carbocycles. The topological polar surface area (TPSA) is 86.3 Å². The molecule has 2 N–H and O–H groups in total. The summed E-state index contributed by atoms with van der Waals surface area (Å²) in [6.07, 6.45) is 2.31. The highest BCUT2D eigenvalue weighted by atomic mass is 79.9. The van der Waals surface area contributed by atoms with E-state index in [4.69, 9.17) is 5.11 Å². The number of hydrogen-bond donors (Lipinski definition) is 2. The number of carbonyl (C=O) groups is 1. The largest absolute Gasteiger partial charge is 0.477 e. The molecule has 3 rings (SSSR count). The molecule has 1 aliphatic heterocycles. The van der Waals surface area contributed by atoms with Crippen molar-refractivity contribution >= 4 is 38.8 Å². The first-order valence-corrected chi connectivity index (χ1v) is 6.57. The Kier molecular flexibility index (Phi) is 2.78. The molecule has 0 spiro atoms. The van der Waals surface area contributed by atoms with Crippen molar-refractivity contribution in [3.05, 3.63) is 32.5 Å². The molecule has 0 atom stereocenters. The molecular formula is C12H10BrN3O3. The predicted octanol–water partition coefficient (Wildman–Crippen LogP) is 1.59. The van der Waals surface area contributed by atoms with Gasteiger partial charge in [0, 0.05) is 19.3 Å². The second-order valence-corrected chi connectivity index (χ2v) is 5.22. The predicted molar refractivity (Wildman–Crippen MR) is 73.9 cm³/mol. The average Bonchev–Trinajstić information content (AvgIpc) is 2.29. The van der Waals surface area contributed by atoms with Gasteiger partial charge in [-0.2, -0.15) is 0 Å². The number of aromatic nitrogens is 2. The Morgan fingerprint density at radius 2 is 2.21 bits per heavy atom. The van der Waals surface area contributed by atoms with E-state index in [2.05, 4.69) is 30.8 Å². The zero-order valence-corrected chi connectivity index (χ0v) is 11.4. The van der Waals surface area contributed by atoms with E-state index < -0.39 is 11.4 Å². The van der Waals surface area contributed by atoms with Crippen LogP contribution in [0.3, 0.4) is 0 Å². The number of aromatic amines is 1. The van der Waals surface area contributed by atoms with Gasteiger partial charge in [0.1, 0.15) is 17.0 Å². The standard InChI is InChI=1S/C12H10BrN3O3/c13-8-4-6-9(17)7(12(18)19)5-14-10(6)15-11(8)16-2-1-3-16/h4-5H,1-3H2,(H,18,19)(H,14,15,17). The van der Waals surface area contributed by atoms with Crippen LogP contribution in [-0.2, 0) is 0 Å². The summed E-state index contributed by atoms with van der Waals surface area (Å²) < 4.78 is 0.702. The molecule has 0 radical (unpaired) electrons. The fraction of sp³-hybridized carbons (Fsp3) is 0.250. The SMILES string of the molecule is O=C(O)c1c[nH]c2nc(N3CCC3)c(Br)cc2c1=O. The van der Waals surface area contributed by atoms with Gasteiger partial charge in [-0.15, -0.1) is 0 Å². The third kappa shape index (κ3) is 1.90. The molecule has 0 bridgehead atoms. The fourth-order valence-electron chi connectivity index (χ4n) is 2.02. The number of carboxylic acids is 1. The molecule has 0 aromatic carbocycles. The van der Waals surface area contributed by atoms with E-state index >= 15 is 0 Å². The lowest BCUT2D eigenvalue weighted by Crippen LogP contribution is -2.38. The summed E-state index contributed by atoms with van der Waals surface area (Å²) in [6, 6.07) is 1.63. The molecule has 6 nitrogen and oxygen atoms in total. The molecule has 1 aliphatic rings. The average molecular weight is 324 g/mol. The van der Waals surface area contributed by atoms with Crippen molar-refractivity contribution in [1.82, 2.24) is 9.97 Å². The van der Waals surface area contributed by atoms with Crippen molar-refractivity contribution in [1.29, 1.82) is 0 Å². The second kappa shape index (κ2) is 4.34. The normalized spacial score (nSPS) is 14.5. The molecule has 0 amide bonds. The summed E-state index contributed by atoms with van der Waals surface area (Å²) in [6.45, 7) is 1.88. The van der Waals surface area contributed by atoms with E-state index in [1.54, 1.807) is 6.07 Å². The molecule has 2 aromatic rings. The maximum absolute atomic E-state index is 12.0. The minimum absolute atomic E-state index is 0.274. The van der Waals surface area contributed by atoms with E-state index in [0.29, 0.717) is 10.1 Å². The first-order valence-electron chi connectivity index (χ1n) is 5.78. The number of halogens is 1. The highest BCUT2D eigenvalue weighted by Crippen LogP contribution is 2.29. The Morgan fingerprint density at radius 1 is 1.47 bits per heavy atom. The maximum Gasteiger partial charge on any atom is 0.341 e. The minimum atomic E-state index is -1.24. The first-order chi connectivity index (χ1) is 9.08. The lowest BCUT2D eigenvalue weighted by Gasteiger charge is -2.32. The highest BCUT2D eigenvalue weighted by Gasteiger charge is 2.20. The van der Waals surface area contributed by atoms with Gasteiger partial charge < -0.3 is 15.0 Å². The number of aromatic carboxylic acids is 1. The summed E-state index contributed by atoms with van der Waals surface area (Å²) in [4.78, 5) is 32.2. The number of nitrogens with zero attached hydrogens (tertiary/aromatic N) is 2. The summed E-state index contributed by atoms with van der Waals surface area (Å²) in [5.74, 6) is -0.469. The number of hydrogen-bond acceptors (Lipinski definition) is 4. The van der Waals surface area contributed by atoms with Crippen molar-refractivity contribution in [3.63, 3.8) is 0 Å². The van der Waals surface area contributed by atoms with Gasteiger partial charge in [-0.05, 0) is 28.4 Å². The van der Waals surface area contributed by atoms with Gasteiger partial charge in [0.2, 0.25) is 5.43 Å². The maximum atomic E-state index is 12.0. The fourth-order valence-corrected chi connectivity index (χ4v) is 2.59. The summed E-state index contributed by atoms with van der Waals surface area (Å²) in [5.41, 5.74) is -0.400. The number of rotatable bonds is 2. The number of anilines is 1. The summed E-state index contributed by atoms with van der Waals surface area (Å²) in [5, 5.41) is 9.20. The number of H-pyrrole nitrogens is 1. The van der Waals surface area contributed by atoms with E-state index in [1.165, 1.54) is 6.20 Å². The lowest BCUT2D eigenvalue weighted by molar-refractivity contribution is 0.0695. The molecule has 98 valence electrons. The molecule has 1 fully saturated rings. The molecule has 7 heteroatoms. The number of nitrogens with one attached hydrogen (secondary N) is 1. The summed E-state index contributed by atoms with van der Waals surface area (Å²) in [7, 11) is 0. The van der Waals surface area contributed by atoms with Gasteiger partial charge in [0.15, 0.2) is 0 Å². The lowest BCUT2D eigenvalue weighted by atomic mass is 10.2. The minimum Gasteiger partial charge on any atom is -0.477 e. The summed E-state index contributed by atoms with van der Waals surface area (Å²) >= 11 is 3.38. The zero-order valence-electron chi connectivity index (χ0n) is 9.81. The Bertz CT molecular complexity index is 737. The van der Waals surface area contributed by atoms with Crippen LogP contribution in [0.4, 0.5) is 5.82 Å². The van der Waals surface area contributed by atoms with Crippen molar-refractivity contribution in [2.24, 2.45) is 0 Å². The smallest absolute Gasteiger partial charge is 0.341 e.